The van der Waals surface area contributed by atoms with Gasteiger partial charge in [0, 0.05) is 45.2 Å². The number of aliphatic hydroxyl groups excluding tert-OH is 4. The topological polar surface area (TPSA) is 356 Å². The van der Waals surface area contributed by atoms with Crippen LogP contribution in [0.5, 0.6) is 0 Å². The van der Waals surface area contributed by atoms with E-state index in [9.17, 15) is 54.0 Å². The van der Waals surface area contributed by atoms with Gasteiger partial charge in [-0.3, -0.25) is 28.8 Å². The van der Waals surface area contributed by atoms with Crippen LogP contribution in [0.15, 0.2) is 42.5 Å². The molecule has 0 spiro atoms. The summed E-state index contributed by atoms with van der Waals surface area (Å²) < 4.78 is 16.8. The second-order valence-corrected chi connectivity index (χ2v) is 19.2. The average Bonchev–Trinajstić information content (AvgIpc) is 3.29. The lowest BCUT2D eigenvalue weighted by Gasteiger charge is -2.44. The molecule has 0 bridgehead atoms. The first kappa shape index (κ1) is 60.9. The molecule has 25 heteroatoms. The molecule has 0 saturated carbocycles. The first-order valence-corrected chi connectivity index (χ1v) is 24.2. The van der Waals surface area contributed by atoms with E-state index in [0.717, 1.165) is 11.8 Å². The van der Waals surface area contributed by atoms with Crippen LogP contribution in [-0.4, -0.2) is 166 Å². The largest absolute Gasteiger partial charge is 0.444 e. The van der Waals surface area contributed by atoms with Crippen molar-refractivity contribution < 1.29 is 68.2 Å². The zero-order valence-corrected chi connectivity index (χ0v) is 42.8. The maximum absolute atomic E-state index is 14.4. The fraction of sp³-hybridized carbons (Fsp3) is 0.596. The van der Waals surface area contributed by atoms with Gasteiger partial charge in [-0.05, 0) is 84.1 Å². The minimum atomic E-state index is -1.74. The molecule has 0 aliphatic carbocycles. The van der Waals surface area contributed by atoms with Gasteiger partial charge in [0.1, 0.15) is 42.0 Å². The number of amides is 7. The molecule has 1 fully saturated rings. The lowest BCUT2D eigenvalue weighted by Crippen LogP contribution is -2.65. The van der Waals surface area contributed by atoms with Crippen LogP contribution in [0.4, 0.5) is 16.2 Å². The number of para-hydroxylation sites is 2. The van der Waals surface area contributed by atoms with Crippen molar-refractivity contribution in [3.8, 4) is 0 Å². The monoisotopic (exact) mass is 1060 g/mol. The minimum Gasteiger partial charge on any atom is -0.444 e. The number of aliphatic hydroxyl groups is 4. The van der Waals surface area contributed by atoms with Gasteiger partial charge in [-0.15, -0.1) is 0 Å². The summed E-state index contributed by atoms with van der Waals surface area (Å²) in [6.07, 6.45) is -9.69. The van der Waals surface area contributed by atoms with Gasteiger partial charge in [0.2, 0.25) is 35.4 Å². The fourth-order valence-electron chi connectivity index (χ4n) is 7.45. The Balaban J connectivity index is 1.88. The van der Waals surface area contributed by atoms with E-state index in [1.54, 1.807) is 63.2 Å². The van der Waals surface area contributed by atoms with Crippen molar-refractivity contribution in [2.24, 2.45) is 11.5 Å². The number of rotatable bonds is 27. The predicted octanol–water partition coefficient (Wildman–Crippen LogP) is 0.211. The summed E-state index contributed by atoms with van der Waals surface area (Å²) in [5.41, 5.74) is 12.1. The molecule has 10 atom stereocenters. The zero-order valence-electron chi connectivity index (χ0n) is 41.3. The molecule has 3 rings (SSSR count). The zero-order chi connectivity index (χ0) is 53.9. The maximum atomic E-state index is 14.4. The van der Waals surface area contributed by atoms with Crippen molar-refractivity contribution in [2.45, 2.75) is 147 Å². The number of hydrogen-bond acceptors (Lipinski definition) is 16. The highest BCUT2D eigenvalue weighted by Gasteiger charge is 2.47. The van der Waals surface area contributed by atoms with E-state index in [1.807, 2.05) is 0 Å². The van der Waals surface area contributed by atoms with Gasteiger partial charge in [-0.2, -0.15) is 0 Å². The normalized spacial score (nSPS) is 19.8. The minimum absolute atomic E-state index is 0.0552. The van der Waals surface area contributed by atoms with Crippen LogP contribution in [0.2, 0.25) is 10.0 Å². The van der Waals surface area contributed by atoms with E-state index in [1.165, 1.54) is 13.8 Å². The van der Waals surface area contributed by atoms with Crippen molar-refractivity contribution in [1.29, 1.82) is 0 Å². The standard InChI is InChI=1S/C47H71Cl2N9O14/c1-25(70-41-39(55-27(3)60)45(68)71-35(24-59)40(41)64)23-58(37(63)18-17-33(42(51)65)57-43(66)26(2)50)34(16-9-10-19-52-46(69)72-47(4,5)6)44(67)54-22-29(61)21-53-36(62)20-28-12-7-8-15-32(28)56-38-30(48)13-11-14-31(38)49/h7-8,11-15,25-26,29,33-35,39-41,45,56,59,61,64,68H,9-10,16-24,50H2,1-6H3,(H2,51,65)(H,52,69)(H,53,62)(H,54,67)(H,55,60)(H,57,66)/t25?,26-,29?,33+,34-,35+,39+,40+,41+,45-/m0/s1. The number of ether oxygens (including phenoxy) is 3. The van der Waals surface area contributed by atoms with Crippen LogP contribution in [0.1, 0.15) is 79.2 Å². The number of unbranched alkanes of at least 4 members (excludes halogenated alkanes) is 1. The number of nitrogens with zero attached hydrogens (tertiary/aromatic N) is 1. The van der Waals surface area contributed by atoms with E-state index in [4.69, 9.17) is 48.9 Å². The van der Waals surface area contributed by atoms with Crippen molar-refractivity contribution >= 4 is 76.1 Å². The Morgan fingerprint density at radius 2 is 1.56 bits per heavy atom. The number of benzene rings is 2. The molecular formula is C47H71Cl2N9O14. The molecule has 2 unspecified atom stereocenters. The lowest BCUT2D eigenvalue weighted by molar-refractivity contribution is -0.268. The third kappa shape index (κ3) is 20.3. The van der Waals surface area contributed by atoms with Crippen LogP contribution >= 0.6 is 23.2 Å². The molecule has 72 heavy (non-hydrogen) atoms. The number of anilines is 2. The van der Waals surface area contributed by atoms with Gasteiger partial charge in [-0.25, -0.2) is 4.79 Å². The van der Waals surface area contributed by atoms with Crippen LogP contribution in [-0.2, 0) is 49.4 Å². The van der Waals surface area contributed by atoms with E-state index >= 15 is 0 Å². The molecule has 2 aromatic rings. The summed E-state index contributed by atoms with van der Waals surface area (Å²) >= 11 is 12.7. The molecule has 1 saturated heterocycles. The molecule has 0 aromatic heterocycles. The molecule has 14 N–H and O–H groups in total. The molecule has 1 aliphatic heterocycles. The number of halogens is 2. The van der Waals surface area contributed by atoms with Gasteiger partial charge in [-0.1, -0.05) is 47.5 Å². The summed E-state index contributed by atoms with van der Waals surface area (Å²) in [5.74, 6) is -4.28. The van der Waals surface area contributed by atoms with Crippen LogP contribution in [0.3, 0.4) is 0 Å². The molecular weight excluding hydrogens is 985 g/mol. The van der Waals surface area contributed by atoms with E-state index in [-0.39, 0.29) is 45.2 Å². The predicted molar refractivity (Wildman–Crippen MR) is 265 cm³/mol. The van der Waals surface area contributed by atoms with Gasteiger partial charge >= 0.3 is 6.09 Å². The molecule has 0 radical (unpaired) electrons. The van der Waals surface area contributed by atoms with Gasteiger partial charge in [0.05, 0.1) is 47.0 Å². The van der Waals surface area contributed by atoms with Crippen molar-refractivity contribution in [1.82, 2.24) is 31.5 Å². The number of carbonyl (C=O) groups excluding carboxylic acids is 7. The summed E-state index contributed by atoms with van der Waals surface area (Å²) in [6.45, 7) is 7.37. The summed E-state index contributed by atoms with van der Waals surface area (Å²) in [7, 11) is 0. The summed E-state index contributed by atoms with van der Waals surface area (Å²) in [4.78, 5) is 92.5. The number of carbonyl (C=O) groups is 7. The molecule has 2 aromatic carbocycles. The Bertz CT molecular complexity index is 2130. The first-order chi connectivity index (χ1) is 33.8. The van der Waals surface area contributed by atoms with Crippen LogP contribution < -0.4 is 43.4 Å². The Morgan fingerprint density at radius 1 is 0.903 bits per heavy atom. The maximum Gasteiger partial charge on any atom is 0.407 e. The highest BCUT2D eigenvalue weighted by Crippen LogP contribution is 2.34. The number of primary amides is 1. The van der Waals surface area contributed by atoms with Crippen LogP contribution in [0, 0.1) is 0 Å². The summed E-state index contributed by atoms with van der Waals surface area (Å²) in [5, 5.41) is 59.5. The second-order valence-electron chi connectivity index (χ2n) is 18.4. The second kappa shape index (κ2) is 29.4. The highest BCUT2D eigenvalue weighted by atomic mass is 35.5. The van der Waals surface area contributed by atoms with E-state index in [0.29, 0.717) is 27.0 Å². The average molecular weight is 1060 g/mol. The number of alkyl carbamates (subject to hydrolysis) is 1. The molecule has 1 aliphatic rings. The van der Waals surface area contributed by atoms with E-state index in [2.05, 4.69) is 31.9 Å². The Morgan fingerprint density at radius 3 is 2.17 bits per heavy atom. The van der Waals surface area contributed by atoms with Crippen LogP contribution in [0.25, 0.3) is 0 Å². The Labute approximate surface area is 428 Å². The van der Waals surface area contributed by atoms with Crippen molar-refractivity contribution in [2.75, 3.05) is 38.1 Å². The number of nitrogens with one attached hydrogen (secondary N) is 6. The third-order valence-corrected chi connectivity index (χ3v) is 11.6. The smallest absolute Gasteiger partial charge is 0.407 e. The Kier molecular flexibility index (Phi) is 24.8. The molecule has 402 valence electrons. The SMILES string of the molecule is CC(=O)N[C@@H]1[C@@H](OC(C)CN(C(=O)CC[C@@H](NC(=O)[C@H](C)N)C(N)=O)[C@@H](CCCCNC(=O)OC(C)(C)C)C(=O)NCC(O)CNC(=O)Cc2ccccc2Nc2c(Cl)cccc2Cl)[C@H](O)[C@@H](CO)O[C@@H]1O. The van der Waals surface area contributed by atoms with Crippen molar-refractivity contribution in [3.05, 3.63) is 58.1 Å². The van der Waals surface area contributed by atoms with Gasteiger partial charge in [0.25, 0.3) is 0 Å². The van der Waals surface area contributed by atoms with Gasteiger partial charge in [0.15, 0.2) is 6.29 Å². The number of nitrogens with two attached hydrogens (primary N) is 2. The highest BCUT2D eigenvalue weighted by molar-refractivity contribution is 6.39. The number of hydrogen-bond donors (Lipinski definition) is 12. The Hall–Kier alpha value is -5.37. The molecule has 23 nitrogen and oxygen atoms in total. The third-order valence-electron chi connectivity index (χ3n) is 11.0. The first-order valence-electron chi connectivity index (χ1n) is 23.5. The lowest BCUT2D eigenvalue weighted by atomic mass is 9.96. The van der Waals surface area contributed by atoms with Gasteiger partial charge < -0.3 is 82.9 Å². The fourth-order valence-corrected chi connectivity index (χ4v) is 7.94. The summed E-state index contributed by atoms with van der Waals surface area (Å²) in [6, 6.07) is 6.90. The van der Waals surface area contributed by atoms with Crippen molar-refractivity contribution in [3.63, 3.8) is 0 Å². The van der Waals surface area contributed by atoms with E-state index < -0.39 is 134 Å². The molecule has 7 amide bonds. The molecule has 1 heterocycles. The quantitative estimate of drug-likeness (QED) is 0.0532.